The van der Waals surface area contributed by atoms with Crippen LogP contribution in [-0.4, -0.2) is 15.1 Å². The average molecular weight is 237 g/mol. The largest absolute Gasteiger partial charge is 0.409 e. The minimum absolute atomic E-state index is 0.000816. The number of benzene rings is 1. The molecule has 0 saturated heterocycles. The van der Waals surface area contributed by atoms with Gasteiger partial charge in [0.05, 0.1) is 4.92 Å². The highest BCUT2D eigenvalue weighted by molar-refractivity contribution is 7.71. The Bertz CT molecular complexity index is 602. The molecular weight excluding hydrogens is 230 g/mol. The van der Waals surface area contributed by atoms with E-state index in [1.54, 1.807) is 13.0 Å². The van der Waals surface area contributed by atoms with Crippen molar-refractivity contribution in [3.63, 3.8) is 0 Å². The molecule has 0 amide bonds. The van der Waals surface area contributed by atoms with Crippen molar-refractivity contribution in [3.05, 3.63) is 38.7 Å². The second kappa shape index (κ2) is 3.86. The fourth-order valence-electron chi connectivity index (χ4n) is 1.35. The summed E-state index contributed by atoms with van der Waals surface area (Å²) in [5.41, 5.74) is 1.28. The zero-order chi connectivity index (χ0) is 11.7. The fraction of sp³-hybridized carbons (Fsp3) is 0.111. The molecule has 0 aliphatic carbocycles. The molecule has 0 bridgehead atoms. The van der Waals surface area contributed by atoms with E-state index >= 15 is 0 Å². The van der Waals surface area contributed by atoms with Crippen molar-refractivity contribution in [1.29, 1.82) is 0 Å². The first-order valence-corrected chi connectivity index (χ1v) is 4.79. The number of non-ortho nitro benzene ring substituents is 1. The van der Waals surface area contributed by atoms with Crippen LogP contribution >= 0.6 is 12.2 Å². The van der Waals surface area contributed by atoms with Crippen LogP contribution in [-0.2, 0) is 0 Å². The zero-order valence-corrected chi connectivity index (χ0v) is 9.08. The number of rotatable bonds is 2. The third-order valence-electron chi connectivity index (χ3n) is 1.96. The van der Waals surface area contributed by atoms with Crippen molar-refractivity contribution in [3.8, 4) is 11.5 Å². The van der Waals surface area contributed by atoms with Crippen LogP contribution in [0.3, 0.4) is 0 Å². The van der Waals surface area contributed by atoms with Crippen molar-refractivity contribution in [2.75, 3.05) is 0 Å². The van der Waals surface area contributed by atoms with Crippen molar-refractivity contribution < 1.29 is 9.34 Å². The third-order valence-corrected chi connectivity index (χ3v) is 2.13. The van der Waals surface area contributed by atoms with Crippen LogP contribution in [0.25, 0.3) is 11.5 Å². The van der Waals surface area contributed by atoms with E-state index in [9.17, 15) is 10.1 Å². The van der Waals surface area contributed by atoms with Crippen LogP contribution in [0, 0.1) is 21.9 Å². The Morgan fingerprint density at radius 1 is 1.50 bits per heavy atom. The summed E-state index contributed by atoms with van der Waals surface area (Å²) in [4.78, 5) is 10.3. The van der Waals surface area contributed by atoms with Gasteiger partial charge in [-0.2, -0.15) is 0 Å². The summed E-state index contributed by atoms with van der Waals surface area (Å²) in [7, 11) is 0. The molecule has 2 aromatic rings. The Labute approximate surface area is 95.1 Å². The molecule has 0 unspecified atom stereocenters. The van der Waals surface area contributed by atoms with Gasteiger partial charge in [-0.05, 0) is 30.8 Å². The lowest BCUT2D eigenvalue weighted by Gasteiger charge is -1.98. The Kier molecular flexibility index (Phi) is 2.53. The van der Waals surface area contributed by atoms with Gasteiger partial charge in [0.2, 0.25) is 5.89 Å². The van der Waals surface area contributed by atoms with Crippen LogP contribution in [0.4, 0.5) is 5.69 Å². The third kappa shape index (κ3) is 1.98. The maximum atomic E-state index is 10.7. The minimum atomic E-state index is -0.461. The smallest absolute Gasteiger partial charge is 0.284 e. The quantitative estimate of drug-likeness (QED) is 0.493. The number of aryl methyl sites for hydroxylation is 1. The number of nitrogens with zero attached hydrogens (tertiary/aromatic N) is 2. The van der Waals surface area contributed by atoms with Gasteiger partial charge in [-0.25, -0.2) is 5.10 Å². The highest BCUT2D eigenvalue weighted by Crippen LogP contribution is 2.24. The Morgan fingerprint density at radius 2 is 2.25 bits per heavy atom. The van der Waals surface area contributed by atoms with E-state index < -0.39 is 4.92 Å². The Balaban J connectivity index is 2.57. The van der Waals surface area contributed by atoms with Crippen LogP contribution in [0.15, 0.2) is 22.6 Å². The van der Waals surface area contributed by atoms with E-state index in [0.717, 1.165) is 5.56 Å². The SMILES string of the molecule is Cc1cc(-c2n[nH]c(=S)o2)cc([N+](=O)[O-])c1. The number of hydrogen-bond acceptors (Lipinski definition) is 5. The lowest BCUT2D eigenvalue weighted by atomic mass is 10.1. The van der Waals surface area contributed by atoms with Crippen molar-refractivity contribution in [2.24, 2.45) is 0 Å². The number of nitro groups is 1. The van der Waals surface area contributed by atoms with E-state index in [0.29, 0.717) is 5.56 Å². The summed E-state index contributed by atoms with van der Waals surface area (Å²) >= 11 is 4.73. The Hall–Kier alpha value is -2.02. The van der Waals surface area contributed by atoms with Gasteiger partial charge in [0.15, 0.2) is 0 Å². The van der Waals surface area contributed by atoms with Gasteiger partial charge in [-0.1, -0.05) is 0 Å². The second-order valence-electron chi connectivity index (χ2n) is 3.23. The van der Waals surface area contributed by atoms with Crippen LogP contribution in [0.5, 0.6) is 0 Å². The minimum Gasteiger partial charge on any atom is -0.409 e. The van der Waals surface area contributed by atoms with Gasteiger partial charge < -0.3 is 4.42 Å². The van der Waals surface area contributed by atoms with Crippen molar-refractivity contribution >= 4 is 17.9 Å². The highest BCUT2D eigenvalue weighted by atomic mass is 32.1. The van der Waals surface area contributed by atoms with Crippen molar-refractivity contribution in [1.82, 2.24) is 10.2 Å². The lowest BCUT2D eigenvalue weighted by molar-refractivity contribution is -0.384. The monoisotopic (exact) mass is 237 g/mol. The summed E-state index contributed by atoms with van der Waals surface area (Å²) in [6.45, 7) is 1.76. The molecule has 0 atom stereocenters. The van der Waals surface area contributed by atoms with Crippen LogP contribution in [0.1, 0.15) is 5.56 Å². The zero-order valence-electron chi connectivity index (χ0n) is 8.26. The maximum Gasteiger partial charge on any atom is 0.284 e. The summed E-state index contributed by atoms with van der Waals surface area (Å²) in [5.74, 6) is 0.247. The number of nitro benzene ring substituents is 1. The molecule has 16 heavy (non-hydrogen) atoms. The standard InChI is InChI=1S/C9H7N3O3S/c1-5-2-6(4-7(3-5)12(13)14)8-10-11-9(16)15-8/h2-4H,1H3,(H,11,16). The summed E-state index contributed by atoms with van der Waals surface area (Å²) in [6.07, 6.45) is 0. The highest BCUT2D eigenvalue weighted by Gasteiger charge is 2.12. The topological polar surface area (TPSA) is 85.0 Å². The average Bonchev–Trinajstić information content (AvgIpc) is 2.64. The molecule has 0 aliphatic heterocycles. The Morgan fingerprint density at radius 3 is 2.81 bits per heavy atom. The summed E-state index contributed by atoms with van der Waals surface area (Å²) < 4.78 is 5.08. The summed E-state index contributed by atoms with van der Waals surface area (Å²) in [5, 5.41) is 16.9. The number of nitrogens with one attached hydrogen (secondary N) is 1. The predicted octanol–water partition coefficient (Wildman–Crippen LogP) is 2.62. The molecule has 0 spiro atoms. The van der Waals surface area contributed by atoms with Gasteiger partial charge in [0, 0.05) is 17.7 Å². The molecule has 0 fully saturated rings. The molecule has 7 heteroatoms. The molecule has 2 rings (SSSR count). The molecule has 0 saturated carbocycles. The van der Waals surface area contributed by atoms with E-state index in [4.69, 9.17) is 16.6 Å². The number of aromatic nitrogens is 2. The molecule has 1 aromatic carbocycles. The van der Waals surface area contributed by atoms with Crippen LogP contribution < -0.4 is 0 Å². The molecule has 82 valence electrons. The van der Waals surface area contributed by atoms with Gasteiger partial charge in [-0.15, -0.1) is 5.10 Å². The molecule has 0 aliphatic rings. The summed E-state index contributed by atoms with van der Waals surface area (Å²) in [6, 6.07) is 4.60. The molecule has 1 N–H and O–H groups in total. The molecular formula is C9H7N3O3S. The second-order valence-corrected chi connectivity index (χ2v) is 3.60. The van der Waals surface area contributed by atoms with E-state index in [1.165, 1.54) is 12.1 Å². The lowest BCUT2D eigenvalue weighted by Crippen LogP contribution is -1.90. The van der Waals surface area contributed by atoms with Crippen molar-refractivity contribution in [2.45, 2.75) is 6.92 Å². The molecule has 1 aromatic heterocycles. The van der Waals surface area contributed by atoms with Gasteiger partial charge >= 0.3 is 0 Å². The van der Waals surface area contributed by atoms with E-state index in [-0.39, 0.29) is 16.4 Å². The predicted molar refractivity (Wildman–Crippen MR) is 58.5 cm³/mol. The number of aromatic amines is 1. The first-order valence-electron chi connectivity index (χ1n) is 4.38. The number of hydrogen-bond donors (Lipinski definition) is 1. The molecule has 6 nitrogen and oxygen atoms in total. The first kappa shape index (κ1) is 10.5. The first-order chi connectivity index (χ1) is 7.56. The number of H-pyrrole nitrogens is 1. The van der Waals surface area contributed by atoms with Crippen LogP contribution in [0.2, 0.25) is 0 Å². The van der Waals surface area contributed by atoms with E-state index in [1.807, 2.05) is 0 Å². The van der Waals surface area contributed by atoms with Gasteiger partial charge in [0.25, 0.3) is 10.5 Å². The van der Waals surface area contributed by atoms with Gasteiger partial charge in [0.1, 0.15) is 0 Å². The molecule has 0 radical (unpaired) electrons. The van der Waals surface area contributed by atoms with Gasteiger partial charge in [-0.3, -0.25) is 10.1 Å². The maximum absolute atomic E-state index is 10.7. The van der Waals surface area contributed by atoms with E-state index in [2.05, 4.69) is 10.2 Å². The molecule has 1 heterocycles. The normalized spacial score (nSPS) is 10.3. The fourth-order valence-corrected chi connectivity index (χ4v) is 1.47.